The molecule has 0 aliphatic rings. The van der Waals surface area contributed by atoms with Crippen LogP contribution >= 0.6 is 11.6 Å². The van der Waals surface area contributed by atoms with Gasteiger partial charge in [-0.15, -0.1) is 0 Å². The number of benzene rings is 2. The molecule has 0 spiro atoms. The van der Waals surface area contributed by atoms with Crippen molar-refractivity contribution in [1.82, 2.24) is 5.32 Å². The summed E-state index contributed by atoms with van der Waals surface area (Å²) in [5.74, 6) is -0.252. The van der Waals surface area contributed by atoms with Gasteiger partial charge < -0.3 is 5.32 Å². The zero-order valence-electron chi connectivity index (χ0n) is 9.50. The van der Waals surface area contributed by atoms with Crippen molar-refractivity contribution in [2.75, 3.05) is 7.05 Å². The zero-order valence-corrected chi connectivity index (χ0v) is 10.3. The van der Waals surface area contributed by atoms with Crippen LogP contribution < -0.4 is 5.32 Å². The number of hydrogen-bond acceptors (Lipinski definition) is 1. The molecule has 0 amide bonds. The topological polar surface area (TPSA) is 12.0 Å². The fourth-order valence-corrected chi connectivity index (χ4v) is 2.01. The molecule has 0 radical (unpaired) electrons. The summed E-state index contributed by atoms with van der Waals surface area (Å²) in [5, 5.41) is 3.60. The first kappa shape index (κ1) is 12.1. The highest BCUT2D eigenvalue weighted by atomic mass is 35.5. The lowest BCUT2D eigenvalue weighted by Crippen LogP contribution is -2.05. The molecule has 0 saturated heterocycles. The van der Waals surface area contributed by atoms with Gasteiger partial charge in [-0.25, -0.2) is 4.39 Å². The van der Waals surface area contributed by atoms with E-state index in [1.54, 1.807) is 12.1 Å². The molecule has 2 rings (SSSR count). The molecular weight excluding hydrogens is 237 g/mol. The Kier molecular flexibility index (Phi) is 3.77. The molecule has 0 atom stereocenters. The van der Waals surface area contributed by atoms with E-state index in [1.807, 2.05) is 31.3 Å². The van der Waals surface area contributed by atoms with Crippen LogP contribution in [0.25, 0.3) is 11.1 Å². The van der Waals surface area contributed by atoms with Crippen molar-refractivity contribution in [3.05, 3.63) is 58.9 Å². The van der Waals surface area contributed by atoms with E-state index in [9.17, 15) is 4.39 Å². The third-order valence-electron chi connectivity index (χ3n) is 2.58. The highest BCUT2D eigenvalue weighted by molar-refractivity contribution is 6.33. The van der Waals surface area contributed by atoms with Crippen molar-refractivity contribution < 1.29 is 4.39 Å². The van der Waals surface area contributed by atoms with Gasteiger partial charge in [0, 0.05) is 22.7 Å². The van der Waals surface area contributed by atoms with Crippen molar-refractivity contribution in [1.29, 1.82) is 0 Å². The molecule has 0 fully saturated rings. The summed E-state index contributed by atoms with van der Waals surface area (Å²) in [4.78, 5) is 0. The van der Waals surface area contributed by atoms with E-state index in [4.69, 9.17) is 11.6 Å². The van der Waals surface area contributed by atoms with Crippen molar-refractivity contribution in [3.63, 3.8) is 0 Å². The maximum atomic E-state index is 13.8. The fraction of sp³-hybridized carbons (Fsp3) is 0.143. The second kappa shape index (κ2) is 5.30. The van der Waals surface area contributed by atoms with Crippen LogP contribution in [0.3, 0.4) is 0 Å². The molecule has 0 saturated carbocycles. The molecule has 0 unspecified atom stereocenters. The number of hydrogen-bond donors (Lipinski definition) is 1. The van der Waals surface area contributed by atoms with Crippen LogP contribution in [-0.4, -0.2) is 7.05 Å². The van der Waals surface area contributed by atoms with E-state index >= 15 is 0 Å². The van der Waals surface area contributed by atoms with Crippen molar-refractivity contribution >= 4 is 11.6 Å². The molecule has 0 heterocycles. The van der Waals surface area contributed by atoms with Gasteiger partial charge >= 0.3 is 0 Å². The lowest BCUT2D eigenvalue weighted by molar-refractivity contribution is 0.630. The molecule has 0 aliphatic heterocycles. The summed E-state index contributed by atoms with van der Waals surface area (Å²) in [5.41, 5.74) is 2.30. The van der Waals surface area contributed by atoms with Crippen LogP contribution in [0.4, 0.5) is 4.39 Å². The van der Waals surface area contributed by atoms with Crippen LogP contribution in [0.5, 0.6) is 0 Å². The Hall–Kier alpha value is -1.38. The molecule has 0 aliphatic carbocycles. The summed E-state index contributed by atoms with van der Waals surface area (Å²) in [6, 6.07) is 12.3. The largest absolute Gasteiger partial charge is 0.316 e. The molecule has 3 heteroatoms. The smallest absolute Gasteiger partial charge is 0.131 e. The normalized spacial score (nSPS) is 10.5. The first-order chi connectivity index (χ1) is 8.22. The monoisotopic (exact) mass is 249 g/mol. The second-order valence-corrected chi connectivity index (χ2v) is 4.23. The average Bonchev–Trinajstić information content (AvgIpc) is 2.33. The molecule has 1 N–H and O–H groups in total. The van der Waals surface area contributed by atoms with E-state index in [2.05, 4.69) is 5.32 Å². The minimum atomic E-state index is -0.252. The predicted molar refractivity (Wildman–Crippen MR) is 69.6 cm³/mol. The van der Waals surface area contributed by atoms with Crippen LogP contribution in [0, 0.1) is 5.82 Å². The summed E-state index contributed by atoms with van der Waals surface area (Å²) >= 11 is 6.08. The second-order valence-electron chi connectivity index (χ2n) is 3.82. The SMILES string of the molecule is CNCc1ccc(F)c(-c2ccccc2Cl)c1. The maximum absolute atomic E-state index is 13.8. The van der Waals surface area contributed by atoms with Gasteiger partial charge in [0.25, 0.3) is 0 Å². The van der Waals surface area contributed by atoms with Crippen LogP contribution in [0.2, 0.25) is 5.02 Å². The molecule has 0 aromatic heterocycles. The number of rotatable bonds is 3. The first-order valence-corrected chi connectivity index (χ1v) is 5.78. The quantitative estimate of drug-likeness (QED) is 0.871. The Labute approximate surface area is 105 Å². The molecule has 2 aromatic carbocycles. The molecule has 0 bridgehead atoms. The molecule has 1 nitrogen and oxygen atoms in total. The fourth-order valence-electron chi connectivity index (χ4n) is 1.77. The van der Waals surface area contributed by atoms with Gasteiger partial charge in [-0.05, 0) is 30.8 Å². The highest BCUT2D eigenvalue weighted by Gasteiger charge is 2.08. The summed E-state index contributed by atoms with van der Waals surface area (Å²) in [6.45, 7) is 0.706. The van der Waals surface area contributed by atoms with Gasteiger partial charge in [-0.1, -0.05) is 35.9 Å². The summed E-state index contributed by atoms with van der Waals surface area (Å²) < 4.78 is 13.8. The van der Waals surface area contributed by atoms with E-state index in [-0.39, 0.29) is 5.82 Å². The third kappa shape index (κ3) is 2.65. The highest BCUT2D eigenvalue weighted by Crippen LogP contribution is 2.30. The molecule has 2 aromatic rings. The molecule has 88 valence electrons. The molecular formula is C14H13ClFN. The van der Waals surface area contributed by atoms with E-state index in [0.717, 1.165) is 11.1 Å². The van der Waals surface area contributed by atoms with Crippen LogP contribution in [0.1, 0.15) is 5.56 Å². The summed E-state index contributed by atoms with van der Waals surface area (Å²) in [6.07, 6.45) is 0. The number of nitrogens with one attached hydrogen (secondary N) is 1. The van der Waals surface area contributed by atoms with Gasteiger partial charge in [-0.2, -0.15) is 0 Å². The standard InChI is InChI=1S/C14H13ClFN/c1-17-9-10-6-7-14(16)12(8-10)11-4-2-3-5-13(11)15/h2-8,17H,9H2,1H3. The van der Waals surface area contributed by atoms with Gasteiger partial charge in [0.15, 0.2) is 0 Å². The van der Waals surface area contributed by atoms with Crippen LogP contribution in [-0.2, 0) is 6.54 Å². The Morgan fingerprint density at radius 2 is 1.88 bits per heavy atom. The average molecular weight is 250 g/mol. The van der Waals surface area contributed by atoms with E-state index in [0.29, 0.717) is 17.1 Å². The van der Waals surface area contributed by atoms with Crippen LogP contribution in [0.15, 0.2) is 42.5 Å². The zero-order chi connectivity index (χ0) is 12.3. The maximum Gasteiger partial charge on any atom is 0.131 e. The first-order valence-electron chi connectivity index (χ1n) is 5.40. The molecule has 17 heavy (non-hydrogen) atoms. The van der Waals surface area contributed by atoms with Gasteiger partial charge in [0.1, 0.15) is 5.82 Å². The van der Waals surface area contributed by atoms with Crippen molar-refractivity contribution in [2.24, 2.45) is 0 Å². The lowest BCUT2D eigenvalue weighted by atomic mass is 10.0. The van der Waals surface area contributed by atoms with E-state index < -0.39 is 0 Å². The summed E-state index contributed by atoms with van der Waals surface area (Å²) in [7, 11) is 1.86. The Morgan fingerprint density at radius 1 is 1.12 bits per heavy atom. The minimum absolute atomic E-state index is 0.252. The Balaban J connectivity index is 2.51. The van der Waals surface area contributed by atoms with Gasteiger partial charge in [-0.3, -0.25) is 0 Å². The predicted octanol–water partition coefficient (Wildman–Crippen LogP) is 3.87. The van der Waals surface area contributed by atoms with Gasteiger partial charge in [0.2, 0.25) is 0 Å². The lowest BCUT2D eigenvalue weighted by Gasteiger charge is -2.08. The minimum Gasteiger partial charge on any atom is -0.316 e. The van der Waals surface area contributed by atoms with Crippen molar-refractivity contribution in [2.45, 2.75) is 6.54 Å². The third-order valence-corrected chi connectivity index (χ3v) is 2.91. The van der Waals surface area contributed by atoms with Gasteiger partial charge in [0.05, 0.1) is 0 Å². The Morgan fingerprint density at radius 3 is 2.59 bits per heavy atom. The Bertz CT molecular complexity index is 525. The van der Waals surface area contributed by atoms with E-state index in [1.165, 1.54) is 6.07 Å². The number of halogens is 2. The van der Waals surface area contributed by atoms with Crippen molar-refractivity contribution in [3.8, 4) is 11.1 Å².